The molecular formula is C26H35N3O4. The van der Waals surface area contributed by atoms with Crippen molar-refractivity contribution in [1.82, 2.24) is 15.2 Å². The Labute approximate surface area is 196 Å². The summed E-state index contributed by atoms with van der Waals surface area (Å²) in [4.78, 5) is 19.5. The Morgan fingerprint density at radius 1 is 1.15 bits per heavy atom. The second kappa shape index (κ2) is 11.0. The normalized spacial score (nSPS) is 19.9. The summed E-state index contributed by atoms with van der Waals surface area (Å²) in [5, 5.41) is 3.19. The molecule has 0 atom stereocenters. The van der Waals surface area contributed by atoms with E-state index in [0.29, 0.717) is 50.3 Å². The number of fused-ring (bicyclic) bond motifs is 2. The summed E-state index contributed by atoms with van der Waals surface area (Å²) in [6.45, 7) is 8.20. The maximum Gasteiger partial charge on any atom is 0.234 e. The van der Waals surface area contributed by atoms with E-state index >= 15 is 0 Å². The molecule has 0 saturated carbocycles. The van der Waals surface area contributed by atoms with Crippen LogP contribution in [-0.2, 0) is 16.1 Å². The zero-order chi connectivity index (χ0) is 23.1. The first-order chi connectivity index (χ1) is 16.0. The number of nitrogens with one attached hydrogen (secondary N) is 1. The minimum atomic E-state index is 0.00227. The number of carbonyl (C=O) groups is 1. The lowest BCUT2D eigenvalue weighted by molar-refractivity contribution is -0.123. The summed E-state index contributed by atoms with van der Waals surface area (Å²) < 4.78 is 17.8. The zero-order valence-corrected chi connectivity index (χ0v) is 19.7. The first kappa shape index (κ1) is 23.5. The van der Waals surface area contributed by atoms with Gasteiger partial charge in [0.2, 0.25) is 11.8 Å². The molecule has 2 aliphatic heterocycles. The van der Waals surface area contributed by atoms with Crippen molar-refractivity contribution in [3.63, 3.8) is 0 Å². The molecule has 7 nitrogen and oxygen atoms in total. The van der Waals surface area contributed by atoms with Gasteiger partial charge in [-0.15, -0.1) is 0 Å². The lowest BCUT2D eigenvalue weighted by Gasteiger charge is -2.28. The van der Waals surface area contributed by atoms with Crippen LogP contribution >= 0.6 is 0 Å². The molecule has 1 amide bonds. The highest BCUT2D eigenvalue weighted by Gasteiger charge is 2.24. The van der Waals surface area contributed by atoms with Crippen molar-refractivity contribution in [3.8, 4) is 17.4 Å². The van der Waals surface area contributed by atoms with Gasteiger partial charge in [0.1, 0.15) is 0 Å². The Bertz CT molecular complexity index is 927. The quantitative estimate of drug-likeness (QED) is 0.752. The second-order valence-corrected chi connectivity index (χ2v) is 9.74. The van der Waals surface area contributed by atoms with Gasteiger partial charge in [-0.25, -0.2) is 4.98 Å². The molecule has 178 valence electrons. The highest BCUT2D eigenvalue weighted by Crippen LogP contribution is 2.34. The third-order valence-corrected chi connectivity index (χ3v) is 6.20. The van der Waals surface area contributed by atoms with Gasteiger partial charge in [0.05, 0.1) is 13.2 Å². The van der Waals surface area contributed by atoms with Gasteiger partial charge in [-0.05, 0) is 55.8 Å². The number of amides is 1. The minimum absolute atomic E-state index is 0.00227. The summed E-state index contributed by atoms with van der Waals surface area (Å²) in [5.41, 5.74) is 0.951. The molecule has 0 radical (unpaired) electrons. The average Bonchev–Trinajstić information content (AvgIpc) is 2.80. The van der Waals surface area contributed by atoms with Crippen LogP contribution < -0.4 is 14.8 Å². The number of benzene rings is 1. The maximum atomic E-state index is 12.9. The predicted octanol–water partition coefficient (Wildman–Crippen LogP) is 4.17. The highest BCUT2D eigenvalue weighted by molar-refractivity contribution is 5.78. The fourth-order valence-corrected chi connectivity index (χ4v) is 4.29. The van der Waals surface area contributed by atoms with Gasteiger partial charge in [0, 0.05) is 37.6 Å². The van der Waals surface area contributed by atoms with Gasteiger partial charge in [-0.1, -0.05) is 32.0 Å². The summed E-state index contributed by atoms with van der Waals surface area (Å²) in [6.07, 6.45) is 5.44. The molecular weight excluding hydrogens is 418 g/mol. The number of para-hydroxylation sites is 2. The number of aromatic nitrogens is 1. The molecule has 1 fully saturated rings. The lowest BCUT2D eigenvalue weighted by Crippen LogP contribution is -2.44. The molecule has 2 aliphatic rings. The maximum absolute atomic E-state index is 12.9. The Morgan fingerprint density at radius 2 is 1.94 bits per heavy atom. The number of carbonyl (C=O) groups excluding carboxylic acids is 1. The topological polar surface area (TPSA) is 72.9 Å². The third-order valence-electron chi connectivity index (χ3n) is 6.20. The first-order valence-corrected chi connectivity index (χ1v) is 11.9. The molecule has 0 aliphatic carbocycles. The molecule has 0 spiro atoms. The van der Waals surface area contributed by atoms with Gasteiger partial charge in [0.15, 0.2) is 11.5 Å². The molecule has 2 aromatic rings. The van der Waals surface area contributed by atoms with Crippen LogP contribution in [0.4, 0.5) is 0 Å². The standard InChI is InChI=1S/C26H35N3O4/c1-26(2)12-6-14-29(18-24(30)28-21-10-15-31-16-11-21)17-20-7-5-13-27-25(20)33-23-9-4-3-8-22(23)32-19-26/h3-5,7-9,13,21H,6,10-12,14-19H2,1-2H3,(H,28,30). The van der Waals surface area contributed by atoms with E-state index in [1.807, 2.05) is 36.4 Å². The minimum Gasteiger partial charge on any atom is -0.489 e. The molecule has 1 N–H and O–H groups in total. The lowest BCUT2D eigenvalue weighted by atomic mass is 9.88. The first-order valence-electron chi connectivity index (χ1n) is 11.9. The number of pyridine rings is 1. The fourth-order valence-electron chi connectivity index (χ4n) is 4.29. The van der Waals surface area contributed by atoms with E-state index in [0.717, 1.165) is 37.8 Å². The molecule has 7 heteroatoms. The van der Waals surface area contributed by atoms with Crippen molar-refractivity contribution < 1.29 is 19.0 Å². The van der Waals surface area contributed by atoms with Gasteiger partial charge >= 0.3 is 0 Å². The monoisotopic (exact) mass is 453 g/mol. The van der Waals surface area contributed by atoms with Gasteiger partial charge in [0.25, 0.3) is 0 Å². The summed E-state index contributed by atoms with van der Waals surface area (Å²) in [7, 11) is 0. The Morgan fingerprint density at radius 3 is 2.76 bits per heavy atom. The fraction of sp³-hybridized carbons (Fsp3) is 0.538. The largest absolute Gasteiger partial charge is 0.489 e. The molecule has 1 aromatic heterocycles. The molecule has 33 heavy (non-hydrogen) atoms. The van der Waals surface area contributed by atoms with Crippen LogP contribution in [0.5, 0.6) is 17.4 Å². The predicted molar refractivity (Wildman–Crippen MR) is 127 cm³/mol. The number of nitrogens with zero attached hydrogens (tertiary/aromatic N) is 2. The van der Waals surface area contributed by atoms with Crippen molar-refractivity contribution in [2.24, 2.45) is 5.41 Å². The van der Waals surface area contributed by atoms with Crippen LogP contribution in [0, 0.1) is 5.41 Å². The van der Waals surface area contributed by atoms with Crippen LogP contribution in [0.2, 0.25) is 0 Å². The van der Waals surface area contributed by atoms with E-state index in [1.54, 1.807) is 6.20 Å². The van der Waals surface area contributed by atoms with Crippen molar-refractivity contribution in [3.05, 3.63) is 48.2 Å². The summed E-state index contributed by atoms with van der Waals surface area (Å²) in [5.74, 6) is 1.97. The van der Waals surface area contributed by atoms with E-state index < -0.39 is 0 Å². The van der Waals surface area contributed by atoms with E-state index in [2.05, 4.69) is 29.0 Å². The third kappa shape index (κ3) is 6.92. The van der Waals surface area contributed by atoms with Crippen molar-refractivity contribution in [1.29, 1.82) is 0 Å². The van der Waals surface area contributed by atoms with Gasteiger partial charge in [-0.3, -0.25) is 9.69 Å². The summed E-state index contributed by atoms with van der Waals surface area (Å²) >= 11 is 0. The second-order valence-electron chi connectivity index (χ2n) is 9.74. The van der Waals surface area contributed by atoms with Crippen LogP contribution in [0.1, 0.15) is 45.1 Å². The van der Waals surface area contributed by atoms with Crippen LogP contribution in [0.3, 0.4) is 0 Å². The highest BCUT2D eigenvalue weighted by atomic mass is 16.5. The van der Waals surface area contributed by atoms with E-state index in [1.165, 1.54) is 0 Å². The van der Waals surface area contributed by atoms with E-state index in [9.17, 15) is 4.79 Å². The molecule has 1 saturated heterocycles. The number of hydrogen-bond acceptors (Lipinski definition) is 6. The molecule has 3 heterocycles. The molecule has 1 aromatic carbocycles. The van der Waals surface area contributed by atoms with E-state index in [4.69, 9.17) is 14.2 Å². The number of hydrogen-bond donors (Lipinski definition) is 1. The molecule has 0 bridgehead atoms. The molecule has 0 unspecified atom stereocenters. The Hall–Kier alpha value is -2.64. The average molecular weight is 454 g/mol. The smallest absolute Gasteiger partial charge is 0.234 e. The van der Waals surface area contributed by atoms with Gasteiger partial charge in [-0.2, -0.15) is 0 Å². The van der Waals surface area contributed by atoms with Gasteiger partial charge < -0.3 is 19.5 Å². The zero-order valence-electron chi connectivity index (χ0n) is 19.7. The van der Waals surface area contributed by atoms with E-state index in [-0.39, 0.29) is 17.4 Å². The Kier molecular flexibility index (Phi) is 7.83. The number of rotatable bonds is 3. The van der Waals surface area contributed by atoms with Crippen molar-refractivity contribution >= 4 is 5.91 Å². The van der Waals surface area contributed by atoms with Crippen molar-refractivity contribution in [2.45, 2.75) is 52.1 Å². The number of ether oxygens (including phenoxy) is 3. The van der Waals surface area contributed by atoms with Crippen molar-refractivity contribution in [2.75, 3.05) is 32.9 Å². The van der Waals surface area contributed by atoms with Crippen LogP contribution in [0.15, 0.2) is 42.6 Å². The SMILES string of the molecule is CC1(C)CCCN(CC(=O)NC2CCOCC2)Cc2cccnc2Oc2ccccc2OC1. The molecule has 4 rings (SSSR count). The Balaban J connectivity index is 1.54. The van der Waals surface area contributed by atoms with Crippen LogP contribution in [0.25, 0.3) is 0 Å². The summed E-state index contributed by atoms with van der Waals surface area (Å²) in [6, 6.07) is 11.8. The van der Waals surface area contributed by atoms with Crippen LogP contribution in [-0.4, -0.2) is 54.7 Å².